The number of hydrogen-bond acceptors (Lipinski definition) is 0. The lowest BCUT2D eigenvalue weighted by Crippen LogP contribution is -2.30. The van der Waals surface area contributed by atoms with E-state index in [2.05, 4.69) is 46.1 Å². The molecular formula is C19H18N2. The largest absolute Gasteiger partial charge is 0.509 e. The Hall–Kier alpha value is -2.32. The number of rotatable bonds is 1. The third-order valence-corrected chi connectivity index (χ3v) is 4.68. The van der Waals surface area contributed by atoms with Gasteiger partial charge in [0.05, 0.1) is 0 Å². The summed E-state index contributed by atoms with van der Waals surface area (Å²) in [6.07, 6.45) is 10.2. The van der Waals surface area contributed by atoms with Crippen molar-refractivity contribution in [3.8, 4) is 0 Å². The molecule has 3 rings (SSSR count). The fourth-order valence-electron chi connectivity index (χ4n) is 3.63. The van der Waals surface area contributed by atoms with Crippen LogP contribution >= 0.6 is 0 Å². The molecule has 1 aromatic rings. The molecule has 2 nitrogen and oxygen atoms in total. The van der Waals surface area contributed by atoms with Crippen LogP contribution in [0.15, 0.2) is 54.1 Å². The van der Waals surface area contributed by atoms with E-state index < -0.39 is 5.66 Å². The van der Waals surface area contributed by atoms with Crippen LogP contribution in [0.4, 0.5) is 0 Å². The summed E-state index contributed by atoms with van der Waals surface area (Å²) in [5.74, 6) is 0.589. The number of benzene rings is 1. The van der Waals surface area contributed by atoms with Gasteiger partial charge >= 0.3 is 5.66 Å². The standard InChI is InChI=1S/C19H18N2/c1-20-19(21-2)14-8-12-16(15-9-4-3-5-10-15)17-11-6-7-13-18(17)19/h3-5,8-10,12-13,16-17H,6-7,11,14H2/t16-,17-/m0/s1. The molecule has 0 aromatic heterocycles. The van der Waals surface area contributed by atoms with Crippen molar-refractivity contribution in [2.24, 2.45) is 5.92 Å². The van der Waals surface area contributed by atoms with Gasteiger partial charge in [0.25, 0.3) is 0 Å². The molecule has 1 aromatic carbocycles. The van der Waals surface area contributed by atoms with Gasteiger partial charge in [-0.05, 0) is 24.8 Å². The zero-order valence-electron chi connectivity index (χ0n) is 12.0. The fourth-order valence-corrected chi connectivity index (χ4v) is 3.63. The molecule has 0 aliphatic heterocycles. The second-order valence-corrected chi connectivity index (χ2v) is 5.81. The first-order valence-electron chi connectivity index (χ1n) is 7.50. The highest BCUT2D eigenvalue weighted by Crippen LogP contribution is 2.47. The van der Waals surface area contributed by atoms with Crippen molar-refractivity contribution in [2.75, 3.05) is 0 Å². The Morgan fingerprint density at radius 2 is 1.86 bits per heavy atom. The maximum atomic E-state index is 7.57. The molecule has 2 aliphatic carbocycles. The van der Waals surface area contributed by atoms with Gasteiger partial charge in [-0.1, -0.05) is 48.6 Å². The van der Waals surface area contributed by atoms with Crippen LogP contribution in [-0.2, 0) is 0 Å². The molecule has 2 atom stereocenters. The highest BCUT2D eigenvalue weighted by atomic mass is 15.0. The van der Waals surface area contributed by atoms with Crippen LogP contribution in [-0.4, -0.2) is 5.66 Å². The van der Waals surface area contributed by atoms with Crippen molar-refractivity contribution < 1.29 is 0 Å². The maximum Gasteiger partial charge on any atom is 0.509 e. The van der Waals surface area contributed by atoms with Gasteiger partial charge in [0.15, 0.2) is 0 Å². The summed E-state index contributed by atoms with van der Waals surface area (Å²) in [7, 11) is 0. The molecule has 0 bridgehead atoms. The van der Waals surface area contributed by atoms with E-state index in [-0.39, 0.29) is 0 Å². The summed E-state index contributed by atoms with van der Waals surface area (Å²) in [6, 6.07) is 10.5. The molecular weight excluding hydrogens is 256 g/mol. The number of fused-ring (bicyclic) bond motifs is 1. The summed E-state index contributed by atoms with van der Waals surface area (Å²) in [6.45, 7) is 15.1. The quantitative estimate of drug-likeness (QED) is 0.504. The molecule has 0 heterocycles. The van der Waals surface area contributed by atoms with Crippen molar-refractivity contribution in [3.63, 3.8) is 0 Å². The minimum Gasteiger partial charge on any atom is -0.226 e. The monoisotopic (exact) mass is 274 g/mol. The summed E-state index contributed by atoms with van der Waals surface area (Å²) >= 11 is 0. The Kier molecular flexibility index (Phi) is 3.63. The van der Waals surface area contributed by atoms with E-state index in [1.165, 1.54) is 5.56 Å². The van der Waals surface area contributed by atoms with E-state index in [4.69, 9.17) is 13.1 Å². The molecule has 0 N–H and O–H groups in total. The van der Waals surface area contributed by atoms with Crippen LogP contribution in [0.1, 0.15) is 37.2 Å². The Morgan fingerprint density at radius 1 is 1.10 bits per heavy atom. The van der Waals surface area contributed by atoms with Gasteiger partial charge in [0.2, 0.25) is 0 Å². The molecule has 0 amide bonds. The lowest BCUT2D eigenvalue weighted by Gasteiger charge is -2.29. The Morgan fingerprint density at radius 3 is 2.57 bits per heavy atom. The highest BCUT2D eigenvalue weighted by Gasteiger charge is 2.53. The first kappa shape index (κ1) is 13.7. The lowest BCUT2D eigenvalue weighted by molar-refractivity contribution is 0.438. The average Bonchev–Trinajstić information content (AvgIpc) is 2.73. The van der Waals surface area contributed by atoms with E-state index in [9.17, 15) is 0 Å². The number of hydrogen-bond donors (Lipinski definition) is 0. The highest BCUT2D eigenvalue weighted by molar-refractivity contribution is 5.41. The molecule has 104 valence electrons. The molecule has 0 spiro atoms. The zero-order valence-corrected chi connectivity index (χ0v) is 12.0. The van der Waals surface area contributed by atoms with Gasteiger partial charge in [-0.25, -0.2) is 22.8 Å². The Bertz CT molecular complexity index is 641. The van der Waals surface area contributed by atoms with E-state index in [1.54, 1.807) is 0 Å². The summed E-state index contributed by atoms with van der Waals surface area (Å²) in [4.78, 5) is 7.49. The van der Waals surface area contributed by atoms with Crippen molar-refractivity contribution in [3.05, 3.63) is 82.5 Å². The molecule has 0 saturated carbocycles. The molecule has 0 fully saturated rings. The van der Waals surface area contributed by atoms with Gasteiger partial charge in [0.1, 0.15) is 12.0 Å². The fraction of sp³-hybridized carbons (Fsp3) is 0.368. The smallest absolute Gasteiger partial charge is 0.226 e. The van der Waals surface area contributed by atoms with Crippen molar-refractivity contribution >= 4 is 0 Å². The molecule has 2 heteroatoms. The maximum absolute atomic E-state index is 7.57. The van der Waals surface area contributed by atoms with Crippen LogP contribution < -0.4 is 0 Å². The van der Waals surface area contributed by atoms with Crippen molar-refractivity contribution in [2.45, 2.75) is 37.3 Å². The van der Waals surface area contributed by atoms with Crippen LogP contribution in [0.5, 0.6) is 0 Å². The molecule has 0 saturated heterocycles. The summed E-state index contributed by atoms with van der Waals surface area (Å²) < 4.78 is 0. The first-order valence-corrected chi connectivity index (χ1v) is 7.50. The summed E-state index contributed by atoms with van der Waals surface area (Å²) in [5, 5.41) is 0. The van der Waals surface area contributed by atoms with E-state index in [0.29, 0.717) is 18.3 Å². The lowest BCUT2D eigenvalue weighted by atomic mass is 9.73. The molecule has 21 heavy (non-hydrogen) atoms. The zero-order chi connectivity index (χ0) is 14.7. The normalized spacial score (nSPS) is 26.7. The summed E-state index contributed by atoms with van der Waals surface area (Å²) in [5.41, 5.74) is 1.36. The van der Waals surface area contributed by atoms with Gasteiger partial charge in [-0.15, -0.1) is 0 Å². The van der Waals surface area contributed by atoms with Gasteiger partial charge in [-0.3, -0.25) is 0 Å². The Balaban J connectivity index is 2.09. The first-order chi connectivity index (χ1) is 10.3. The topological polar surface area (TPSA) is 8.72 Å². The van der Waals surface area contributed by atoms with Gasteiger partial charge in [-0.2, -0.15) is 0 Å². The second kappa shape index (κ2) is 5.58. The molecule has 0 radical (unpaired) electrons. The predicted octanol–water partition coefficient (Wildman–Crippen LogP) is 4.99. The van der Waals surface area contributed by atoms with Crippen LogP contribution in [0.3, 0.4) is 0 Å². The third-order valence-electron chi connectivity index (χ3n) is 4.68. The number of allylic oxidation sites excluding steroid dienone is 2. The van der Waals surface area contributed by atoms with E-state index in [1.807, 2.05) is 12.1 Å². The van der Waals surface area contributed by atoms with Gasteiger partial charge < -0.3 is 0 Å². The van der Waals surface area contributed by atoms with E-state index in [0.717, 1.165) is 24.8 Å². The van der Waals surface area contributed by atoms with Crippen LogP contribution in [0, 0.1) is 19.1 Å². The third kappa shape index (κ3) is 2.28. The SMILES string of the molecule is [C-]#[N+]C1([N+]#[C-])CC=C[C@@H](c2ccccc2)[C@@H]2CCCC=C21. The van der Waals surface area contributed by atoms with E-state index >= 15 is 0 Å². The second-order valence-electron chi connectivity index (χ2n) is 5.81. The van der Waals surface area contributed by atoms with Gasteiger partial charge in [0, 0.05) is 11.8 Å². The predicted molar refractivity (Wildman–Crippen MR) is 84.3 cm³/mol. The Labute approximate surface area is 126 Å². The van der Waals surface area contributed by atoms with Crippen LogP contribution in [0.2, 0.25) is 0 Å². The molecule has 2 aliphatic rings. The minimum absolute atomic E-state index is 0.295. The number of nitrogens with zero attached hydrogens (tertiary/aromatic N) is 2. The van der Waals surface area contributed by atoms with Crippen molar-refractivity contribution in [1.29, 1.82) is 0 Å². The minimum atomic E-state index is -0.995. The van der Waals surface area contributed by atoms with Crippen LogP contribution in [0.25, 0.3) is 9.69 Å². The average molecular weight is 274 g/mol. The molecule has 0 unspecified atom stereocenters. The van der Waals surface area contributed by atoms with Crippen molar-refractivity contribution in [1.82, 2.24) is 0 Å².